The highest BCUT2D eigenvalue weighted by Crippen LogP contribution is 2.24. The number of rotatable bonds is 4. The first-order valence-electron chi connectivity index (χ1n) is 6.13. The van der Waals surface area contributed by atoms with Crippen LogP contribution < -0.4 is 10.6 Å². The number of hydrogen-bond acceptors (Lipinski definition) is 4. The molecule has 0 bridgehead atoms. The number of phenols is 1. The van der Waals surface area contributed by atoms with E-state index in [0.29, 0.717) is 0 Å². The summed E-state index contributed by atoms with van der Waals surface area (Å²) in [6.45, 7) is 1.84. The van der Waals surface area contributed by atoms with Crippen molar-refractivity contribution in [1.82, 2.24) is 5.32 Å². The third-order valence-electron chi connectivity index (χ3n) is 2.88. The fourth-order valence-electron chi connectivity index (χ4n) is 1.73. The maximum absolute atomic E-state index is 11.8. The Hall–Kier alpha value is -2.54. The van der Waals surface area contributed by atoms with Crippen LogP contribution in [0, 0.1) is 0 Å². The second-order valence-corrected chi connectivity index (χ2v) is 5.19. The second kappa shape index (κ2) is 6.27. The number of carbonyl (C=O) groups is 2. The quantitative estimate of drug-likeness (QED) is 0.652. The zero-order chi connectivity index (χ0) is 15.4. The molecule has 6 nitrogen and oxygen atoms in total. The fourth-order valence-corrected chi connectivity index (χ4v) is 2.48. The van der Waals surface area contributed by atoms with Gasteiger partial charge >= 0.3 is 12.0 Å². The van der Waals surface area contributed by atoms with E-state index in [1.165, 1.54) is 23.5 Å². The lowest BCUT2D eigenvalue weighted by molar-refractivity contribution is 0.0696. The van der Waals surface area contributed by atoms with Crippen molar-refractivity contribution in [3.05, 3.63) is 46.2 Å². The van der Waals surface area contributed by atoms with Crippen LogP contribution in [0.5, 0.6) is 5.75 Å². The van der Waals surface area contributed by atoms with Crippen molar-refractivity contribution in [3.63, 3.8) is 0 Å². The Bertz CT molecular complexity index is 655. The number of aromatic carboxylic acids is 1. The molecule has 7 heteroatoms. The molecular weight excluding hydrogens is 292 g/mol. The van der Waals surface area contributed by atoms with Gasteiger partial charge in [-0.2, -0.15) is 11.3 Å². The van der Waals surface area contributed by atoms with Crippen molar-refractivity contribution in [2.24, 2.45) is 0 Å². The molecule has 1 unspecified atom stereocenters. The molecule has 2 aromatic rings. The standard InChI is InChI=1S/C14H14N2O4S/c1-8(10-4-5-21-7-10)15-14(20)16-11-3-2-9(13(18)19)6-12(11)17/h2-8,17H,1H3,(H,18,19)(H2,15,16,20). The number of urea groups is 1. The van der Waals surface area contributed by atoms with Gasteiger partial charge in [0.15, 0.2) is 0 Å². The fraction of sp³-hybridized carbons (Fsp3) is 0.143. The molecule has 1 heterocycles. The Labute approximate surface area is 125 Å². The minimum Gasteiger partial charge on any atom is -0.506 e. The lowest BCUT2D eigenvalue weighted by Gasteiger charge is -2.14. The first kappa shape index (κ1) is 14.9. The molecule has 2 amide bonds. The van der Waals surface area contributed by atoms with Gasteiger partial charge in [-0.3, -0.25) is 0 Å². The number of carboxylic acids is 1. The highest BCUT2D eigenvalue weighted by atomic mass is 32.1. The smallest absolute Gasteiger partial charge is 0.335 e. The maximum atomic E-state index is 11.8. The van der Waals surface area contributed by atoms with Crippen LogP contribution in [0.15, 0.2) is 35.0 Å². The monoisotopic (exact) mass is 306 g/mol. The molecular formula is C14H14N2O4S. The normalized spacial score (nSPS) is 11.7. The number of anilines is 1. The summed E-state index contributed by atoms with van der Waals surface area (Å²) in [5.74, 6) is -1.44. The molecule has 0 saturated heterocycles. The van der Waals surface area contributed by atoms with E-state index in [-0.39, 0.29) is 23.0 Å². The van der Waals surface area contributed by atoms with Crippen LogP contribution >= 0.6 is 11.3 Å². The number of thiophene rings is 1. The van der Waals surface area contributed by atoms with Crippen molar-refractivity contribution in [2.45, 2.75) is 13.0 Å². The van der Waals surface area contributed by atoms with Gasteiger partial charge in [0.1, 0.15) is 5.75 Å². The summed E-state index contributed by atoms with van der Waals surface area (Å²) in [5.41, 5.74) is 1.08. The van der Waals surface area contributed by atoms with Gasteiger partial charge in [-0.05, 0) is 47.5 Å². The molecule has 2 rings (SSSR count). The van der Waals surface area contributed by atoms with Gasteiger partial charge < -0.3 is 20.8 Å². The summed E-state index contributed by atoms with van der Waals surface area (Å²) >= 11 is 1.54. The largest absolute Gasteiger partial charge is 0.506 e. The molecule has 1 aromatic heterocycles. The molecule has 0 radical (unpaired) electrons. The maximum Gasteiger partial charge on any atom is 0.335 e. The Morgan fingerprint density at radius 3 is 2.62 bits per heavy atom. The minimum absolute atomic E-state index is 0.0508. The SMILES string of the molecule is CC(NC(=O)Nc1ccc(C(=O)O)cc1O)c1ccsc1. The van der Waals surface area contributed by atoms with Crippen molar-refractivity contribution in [3.8, 4) is 5.75 Å². The molecule has 0 aliphatic heterocycles. The number of aromatic hydroxyl groups is 1. The van der Waals surface area contributed by atoms with E-state index in [1.54, 1.807) is 0 Å². The van der Waals surface area contributed by atoms with Crippen molar-refractivity contribution < 1.29 is 19.8 Å². The number of carbonyl (C=O) groups excluding carboxylic acids is 1. The van der Waals surface area contributed by atoms with Gasteiger partial charge in [0, 0.05) is 0 Å². The van der Waals surface area contributed by atoms with Gasteiger partial charge in [0.05, 0.1) is 17.3 Å². The molecule has 0 saturated carbocycles. The number of nitrogens with one attached hydrogen (secondary N) is 2. The molecule has 4 N–H and O–H groups in total. The molecule has 0 aliphatic carbocycles. The summed E-state index contributed by atoms with van der Waals surface area (Å²) < 4.78 is 0. The van der Waals surface area contributed by atoms with Gasteiger partial charge in [-0.25, -0.2) is 9.59 Å². The van der Waals surface area contributed by atoms with Crippen LogP contribution in [0.4, 0.5) is 10.5 Å². The summed E-state index contributed by atoms with van der Waals surface area (Å²) in [5, 5.41) is 27.6. The lowest BCUT2D eigenvalue weighted by Crippen LogP contribution is -2.31. The van der Waals surface area contributed by atoms with E-state index in [1.807, 2.05) is 23.8 Å². The minimum atomic E-state index is -1.15. The number of hydrogen-bond donors (Lipinski definition) is 4. The molecule has 110 valence electrons. The predicted molar refractivity (Wildman–Crippen MR) is 80.0 cm³/mol. The zero-order valence-corrected chi connectivity index (χ0v) is 12.0. The Morgan fingerprint density at radius 2 is 2.05 bits per heavy atom. The van der Waals surface area contributed by atoms with Crippen LogP contribution in [-0.2, 0) is 0 Å². The Balaban J connectivity index is 2.01. The predicted octanol–water partition coefficient (Wildman–Crippen LogP) is 3.03. The molecule has 0 aliphatic rings. The van der Waals surface area contributed by atoms with E-state index in [2.05, 4.69) is 10.6 Å². The van der Waals surface area contributed by atoms with E-state index in [0.717, 1.165) is 11.6 Å². The molecule has 21 heavy (non-hydrogen) atoms. The Kier molecular flexibility index (Phi) is 4.44. The number of phenolic OH excluding ortho intramolecular Hbond substituents is 1. The van der Waals surface area contributed by atoms with Gasteiger partial charge in [0.25, 0.3) is 0 Å². The topological polar surface area (TPSA) is 98.7 Å². The lowest BCUT2D eigenvalue weighted by atomic mass is 10.2. The summed E-state index contributed by atoms with van der Waals surface area (Å²) in [6.07, 6.45) is 0. The van der Waals surface area contributed by atoms with E-state index < -0.39 is 12.0 Å². The van der Waals surface area contributed by atoms with Crippen LogP contribution in [-0.4, -0.2) is 22.2 Å². The molecule has 1 aromatic carbocycles. The third kappa shape index (κ3) is 3.73. The molecule has 1 atom stereocenters. The summed E-state index contributed by atoms with van der Waals surface area (Å²) in [6, 6.07) is 4.99. The Morgan fingerprint density at radius 1 is 1.29 bits per heavy atom. The van der Waals surface area contributed by atoms with Crippen molar-refractivity contribution in [1.29, 1.82) is 0 Å². The van der Waals surface area contributed by atoms with Gasteiger partial charge in [-0.15, -0.1) is 0 Å². The van der Waals surface area contributed by atoms with E-state index in [4.69, 9.17) is 5.11 Å². The first-order valence-corrected chi connectivity index (χ1v) is 7.07. The molecule has 0 fully saturated rings. The van der Waals surface area contributed by atoms with Crippen LogP contribution in [0.2, 0.25) is 0 Å². The van der Waals surface area contributed by atoms with Crippen LogP contribution in [0.25, 0.3) is 0 Å². The van der Waals surface area contributed by atoms with Crippen LogP contribution in [0.3, 0.4) is 0 Å². The number of carboxylic acid groups (broad SMARTS) is 1. The highest BCUT2D eigenvalue weighted by Gasteiger charge is 2.13. The first-order chi connectivity index (χ1) is 9.97. The average molecular weight is 306 g/mol. The van der Waals surface area contributed by atoms with Crippen LogP contribution in [0.1, 0.15) is 28.9 Å². The molecule has 0 spiro atoms. The third-order valence-corrected chi connectivity index (χ3v) is 3.59. The van der Waals surface area contributed by atoms with Crippen molar-refractivity contribution in [2.75, 3.05) is 5.32 Å². The van der Waals surface area contributed by atoms with E-state index in [9.17, 15) is 14.7 Å². The van der Waals surface area contributed by atoms with Crippen molar-refractivity contribution >= 4 is 29.0 Å². The summed E-state index contributed by atoms with van der Waals surface area (Å²) in [4.78, 5) is 22.6. The summed E-state index contributed by atoms with van der Waals surface area (Å²) in [7, 11) is 0. The highest BCUT2D eigenvalue weighted by molar-refractivity contribution is 7.07. The zero-order valence-electron chi connectivity index (χ0n) is 11.2. The van der Waals surface area contributed by atoms with Gasteiger partial charge in [-0.1, -0.05) is 0 Å². The number of amides is 2. The van der Waals surface area contributed by atoms with Gasteiger partial charge in [0.2, 0.25) is 0 Å². The average Bonchev–Trinajstić information content (AvgIpc) is 2.94. The number of benzene rings is 1. The second-order valence-electron chi connectivity index (χ2n) is 4.41. The van der Waals surface area contributed by atoms with E-state index >= 15 is 0 Å².